The van der Waals surface area contributed by atoms with Gasteiger partial charge in [-0.3, -0.25) is 4.79 Å². The summed E-state index contributed by atoms with van der Waals surface area (Å²) in [5.41, 5.74) is 2.34. The Morgan fingerprint density at radius 2 is 2.04 bits per heavy atom. The average molecular weight is 325 g/mol. The summed E-state index contributed by atoms with van der Waals surface area (Å²) in [6.07, 6.45) is 2.00. The maximum absolute atomic E-state index is 11.2. The van der Waals surface area contributed by atoms with E-state index in [9.17, 15) is 9.90 Å². The molecule has 0 saturated carbocycles. The molecule has 0 unspecified atom stereocenters. The van der Waals surface area contributed by atoms with Crippen LogP contribution in [0.3, 0.4) is 0 Å². The lowest BCUT2D eigenvalue weighted by Crippen LogP contribution is -2.37. The number of nitrogens with zero attached hydrogens (tertiary/aromatic N) is 3. The maximum atomic E-state index is 11.2. The van der Waals surface area contributed by atoms with Gasteiger partial charge in [0.1, 0.15) is 16.9 Å². The van der Waals surface area contributed by atoms with Gasteiger partial charge in [-0.2, -0.15) is 0 Å². The van der Waals surface area contributed by atoms with Crippen LogP contribution in [0.5, 0.6) is 0 Å². The number of piperidine rings is 1. The van der Waals surface area contributed by atoms with Gasteiger partial charge < -0.3 is 14.4 Å². The lowest BCUT2D eigenvalue weighted by Gasteiger charge is -2.31. The van der Waals surface area contributed by atoms with Crippen molar-refractivity contribution in [3.05, 3.63) is 30.1 Å². The predicted octanol–water partition coefficient (Wildman–Crippen LogP) is 3.24. The summed E-state index contributed by atoms with van der Waals surface area (Å²) in [6, 6.07) is 7.86. The van der Waals surface area contributed by atoms with Gasteiger partial charge >= 0.3 is 5.97 Å². The minimum Gasteiger partial charge on any atom is -0.481 e. The second kappa shape index (κ2) is 5.78. The van der Waals surface area contributed by atoms with Crippen molar-refractivity contribution in [2.75, 3.05) is 18.0 Å². The molecule has 4 rings (SSSR count). The molecule has 0 aliphatic carbocycles. The van der Waals surface area contributed by atoms with Crippen LogP contribution in [0, 0.1) is 5.92 Å². The second-order valence-electron chi connectivity index (χ2n) is 6.19. The number of fused-ring (bicyclic) bond motifs is 3. The van der Waals surface area contributed by atoms with Gasteiger partial charge in [-0.05, 0) is 25.0 Å². The van der Waals surface area contributed by atoms with Gasteiger partial charge in [0, 0.05) is 24.9 Å². The van der Waals surface area contributed by atoms with Crippen LogP contribution < -0.4 is 4.90 Å². The van der Waals surface area contributed by atoms with Crippen LogP contribution in [0.4, 0.5) is 5.82 Å². The van der Waals surface area contributed by atoms with Crippen LogP contribution in [0.2, 0.25) is 0 Å². The molecule has 1 saturated heterocycles. The van der Waals surface area contributed by atoms with Crippen molar-refractivity contribution >= 4 is 33.9 Å². The Hall–Kier alpha value is -2.63. The van der Waals surface area contributed by atoms with E-state index in [2.05, 4.69) is 14.9 Å². The largest absolute Gasteiger partial charge is 0.481 e. The third-order valence-electron chi connectivity index (χ3n) is 4.71. The Morgan fingerprint density at radius 3 is 2.75 bits per heavy atom. The van der Waals surface area contributed by atoms with Gasteiger partial charge in [0.2, 0.25) is 0 Å². The van der Waals surface area contributed by atoms with Crippen molar-refractivity contribution in [1.82, 2.24) is 9.97 Å². The summed E-state index contributed by atoms with van der Waals surface area (Å²) in [5, 5.41) is 10.2. The first kappa shape index (κ1) is 14.9. The molecule has 6 heteroatoms. The van der Waals surface area contributed by atoms with E-state index in [0.717, 1.165) is 34.5 Å². The smallest absolute Gasteiger partial charge is 0.306 e. The molecule has 6 nitrogen and oxygen atoms in total. The third-order valence-corrected chi connectivity index (χ3v) is 4.71. The van der Waals surface area contributed by atoms with Crippen molar-refractivity contribution in [2.45, 2.75) is 26.2 Å². The molecule has 1 aliphatic rings. The van der Waals surface area contributed by atoms with Crippen LogP contribution in [0.1, 0.15) is 25.6 Å². The van der Waals surface area contributed by atoms with Crippen LogP contribution in [0.25, 0.3) is 22.1 Å². The van der Waals surface area contributed by atoms with E-state index in [1.807, 2.05) is 31.2 Å². The van der Waals surface area contributed by atoms with Crippen LogP contribution in [-0.4, -0.2) is 34.1 Å². The number of rotatable bonds is 3. The highest BCUT2D eigenvalue weighted by Crippen LogP contribution is 2.34. The van der Waals surface area contributed by atoms with Gasteiger partial charge in [0.25, 0.3) is 0 Å². The molecule has 1 aliphatic heterocycles. The Balaban J connectivity index is 1.81. The lowest BCUT2D eigenvalue weighted by atomic mass is 9.97. The first-order chi connectivity index (χ1) is 11.7. The number of hydrogen-bond acceptors (Lipinski definition) is 5. The molecular formula is C18H19N3O3. The number of hydrogen-bond donors (Lipinski definition) is 1. The summed E-state index contributed by atoms with van der Waals surface area (Å²) in [6.45, 7) is 3.37. The maximum Gasteiger partial charge on any atom is 0.306 e. The summed E-state index contributed by atoms with van der Waals surface area (Å²) >= 11 is 0. The minimum absolute atomic E-state index is 0.264. The molecule has 124 valence electrons. The molecule has 3 heterocycles. The fraction of sp³-hybridized carbons (Fsp3) is 0.389. The van der Waals surface area contributed by atoms with Gasteiger partial charge in [0.05, 0.1) is 5.92 Å². The number of anilines is 1. The molecule has 0 atom stereocenters. The number of para-hydroxylation sites is 1. The normalized spacial score (nSPS) is 16.1. The van der Waals surface area contributed by atoms with Crippen molar-refractivity contribution in [1.29, 1.82) is 0 Å². The van der Waals surface area contributed by atoms with E-state index in [4.69, 9.17) is 4.42 Å². The Kier molecular flexibility index (Phi) is 3.59. The monoisotopic (exact) mass is 325 g/mol. The number of benzene rings is 1. The van der Waals surface area contributed by atoms with Crippen molar-refractivity contribution in [3.8, 4) is 0 Å². The molecule has 1 fully saturated rings. The van der Waals surface area contributed by atoms with Gasteiger partial charge in [-0.25, -0.2) is 9.97 Å². The number of carboxylic acids is 1. The minimum atomic E-state index is -0.708. The van der Waals surface area contributed by atoms with E-state index in [1.165, 1.54) is 0 Å². The standard InChI is InChI=1S/C18H19N3O3/c1-2-14-19-15-12-5-3-4-6-13(12)24-16(15)17(20-14)21-9-7-11(8-10-21)18(22)23/h3-6,11H,2,7-10H2,1H3,(H,22,23). The number of aryl methyl sites for hydroxylation is 1. The molecule has 3 aromatic rings. The van der Waals surface area contributed by atoms with Crippen LogP contribution >= 0.6 is 0 Å². The topological polar surface area (TPSA) is 79.5 Å². The van der Waals surface area contributed by atoms with E-state index in [1.54, 1.807) is 0 Å². The Labute approximate surface area is 139 Å². The fourth-order valence-corrected chi connectivity index (χ4v) is 3.33. The molecule has 0 amide bonds. The number of carbonyl (C=O) groups is 1. The van der Waals surface area contributed by atoms with E-state index in [0.29, 0.717) is 31.5 Å². The lowest BCUT2D eigenvalue weighted by molar-refractivity contribution is -0.142. The molecule has 1 aromatic carbocycles. The Morgan fingerprint density at radius 1 is 1.29 bits per heavy atom. The van der Waals surface area contributed by atoms with Gasteiger partial charge in [0.15, 0.2) is 11.4 Å². The predicted molar refractivity (Wildman–Crippen MR) is 91.3 cm³/mol. The molecule has 0 radical (unpaired) electrons. The zero-order valence-electron chi connectivity index (χ0n) is 13.5. The van der Waals surface area contributed by atoms with E-state index >= 15 is 0 Å². The molecule has 0 bridgehead atoms. The quantitative estimate of drug-likeness (QED) is 0.796. The fourth-order valence-electron chi connectivity index (χ4n) is 3.33. The van der Waals surface area contributed by atoms with Crippen LogP contribution in [0.15, 0.2) is 28.7 Å². The van der Waals surface area contributed by atoms with Crippen molar-refractivity contribution in [2.24, 2.45) is 5.92 Å². The molecule has 24 heavy (non-hydrogen) atoms. The summed E-state index contributed by atoms with van der Waals surface area (Å²) in [4.78, 5) is 22.6. The number of aromatic nitrogens is 2. The summed E-state index contributed by atoms with van der Waals surface area (Å²) in [5.74, 6) is 0.599. The van der Waals surface area contributed by atoms with E-state index in [-0.39, 0.29) is 5.92 Å². The SMILES string of the molecule is CCc1nc(N2CCC(C(=O)O)CC2)c2oc3ccccc3c2n1. The number of carboxylic acid groups (broad SMARTS) is 1. The molecule has 0 spiro atoms. The third kappa shape index (κ3) is 2.38. The molecule has 2 aromatic heterocycles. The highest BCUT2D eigenvalue weighted by molar-refractivity contribution is 6.05. The van der Waals surface area contributed by atoms with Crippen molar-refractivity contribution in [3.63, 3.8) is 0 Å². The average Bonchev–Trinajstić information content (AvgIpc) is 2.99. The van der Waals surface area contributed by atoms with E-state index < -0.39 is 5.97 Å². The van der Waals surface area contributed by atoms with Gasteiger partial charge in [-0.1, -0.05) is 19.1 Å². The Bertz CT molecular complexity index is 910. The van der Waals surface area contributed by atoms with Gasteiger partial charge in [-0.15, -0.1) is 0 Å². The molecule has 1 N–H and O–H groups in total. The zero-order valence-corrected chi connectivity index (χ0v) is 13.5. The number of furan rings is 1. The highest BCUT2D eigenvalue weighted by atomic mass is 16.4. The highest BCUT2D eigenvalue weighted by Gasteiger charge is 2.27. The number of aliphatic carboxylic acids is 1. The first-order valence-electron chi connectivity index (χ1n) is 8.33. The summed E-state index contributed by atoms with van der Waals surface area (Å²) in [7, 11) is 0. The first-order valence-corrected chi connectivity index (χ1v) is 8.33. The second-order valence-corrected chi connectivity index (χ2v) is 6.19. The van der Waals surface area contributed by atoms with Crippen LogP contribution in [-0.2, 0) is 11.2 Å². The summed E-state index contributed by atoms with van der Waals surface area (Å²) < 4.78 is 6.03. The van der Waals surface area contributed by atoms with Crippen molar-refractivity contribution < 1.29 is 14.3 Å². The zero-order chi connectivity index (χ0) is 16.7. The molecular weight excluding hydrogens is 306 g/mol.